The molecule has 16 heteroatoms. The zero-order valence-electron chi connectivity index (χ0n) is 32.7. The normalized spacial score (nSPS) is 20.1. The highest BCUT2D eigenvalue weighted by Crippen LogP contribution is 2.35. The number of aromatic nitrogens is 4. The maximum absolute atomic E-state index is 13.1. The molecule has 4 aromatic rings. The minimum absolute atomic E-state index is 0.0234. The number of fused-ring (bicyclic) bond motifs is 2. The lowest BCUT2D eigenvalue weighted by Gasteiger charge is -2.43. The average Bonchev–Trinajstić information content (AvgIpc) is 3.96. The predicted molar refractivity (Wildman–Crippen MR) is 214 cm³/mol. The molecule has 3 saturated heterocycles. The number of carbonyl (C=O) groups is 4. The largest absolute Gasteiger partial charge is 0.370 e. The Morgan fingerprint density at radius 1 is 0.860 bits per heavy atom. The van der Waals surface area contributed by atoms with Gasteiger partial charge in [-0.2, -0.15) is 4.98 Å². The van der Waals surface area contributed by atoms with Gasteiger partial charge >= 0.3 is 6.03 Å². The highest BCUT2D eigenvalue weighted by atomic mass is 16.2. The molecule has 0 spiro atoms. The van der Waals surface area contributed by atoms with Crippen LogP contribution in [0.15, 0.2) is 48.8 Å². The quantitative estimate of drug-likeness (QED) is 0.254. The molecule has 0 atom stereocenters. The van der Waals surface area contributed by atoms with Crippen molar-refractivity contribution in [3.8, 4) is 0 Å². The first-order chi connectivity index (χ1) is 27.7. The number of piperidine rings is 1. The maximum atomic E-state index is 13.1. The van der Waals surface area contributed by atoms with Crippen molar-refractivity contribution in [1.82, 2.24) is 49.6 Å². The number of urea groups is 1. The Balaban J connectivity index is 0.757. The van der Waals surface area contributed by atoms with Gasteiger partial charge in [-0.1, -0.05) is 25.0 Å². The van der Waals surface area contributed by atoms with Crippen LogP contribution in [0.5, 0.6) is 0 Å². The lowest BCUT2D eigenvalue weighted by molar-refractivity contribution is -0.123. The molecule has 7 heterocycles. The lowest BCUT2D eigenvalue weighted by Crippen LogP contribution is -2.56. The fourth-order valence-electron chi connectivity index (χ4n) is 9.23. The van der Waals surface area contributed by atoms with E-state index in [1.165, 1.54) is 10.0 Å². The number of pyridine rings is 1. The smallest absolute Gasteiger partial charge is 0.342 e. The molecular weight excluding hydrogens is 725 g/mol. The third-order valence-electron chi connectivity index (χ3n) is 12.3. The van der Waals surface area contributed by atoms with Crippen LogP contribution in [0.3, 0.4) is 0 Å². The molecule has 1 aliphatic carbocycles. The Hall–Kier alpha value is -5.61. The second kappa shape index (κ2) is 15.4. The molecule has 4 fully saturated rings. The van der Waals surface area contributed by atoms with E-state index in [0.717, 1.165) is 112 Å². The predicted octanol–water partition coefficient (Wildman–Crippen LogP) is 3.99. The number of piperazine rings is 1. The molecule has 4 aliphatic heterocycles. The zero-order valence-corrected chi connectivity index (χ0v) is 32.7. The molecule has 5 amide bonds. The summed E-state index contributed by atoms with van der Waals surface area (Å²) in [5.74, 6) is 0.598. The first-order valence-electron chi connectivity index (χ1n) is 20.3. The first kappa shape index (κ1) is 37.0. The van der Waals surface area contributed by atoms with Gasteiger partial charge in [0.1, 0.15) is 17.2 Å². The maximum Gasteiger partial charge on any atom is 0.342 e. The van der Waals surface area contributed by atoms with Crippen molar-refractivity contribution in [3.63, 3.8) is 0 Å². The lowest BCUT2D eigenvalue weighted by atomic mass is 10.0. The minimum Gasteiger partial charge on any atom is -0.370 e. The number of nitrogens with one attached hydrogen (secondary N) is 2. The van der Waals surface area contributed by atoms with Gasteiger partial charge in [0, 0.05) is 95.6 Å². The number of hydrazine groups is 1. The number of benzene rings is 1. The summed E-state index contributed by atoms with van der Waals surface area (Å²) in [5.41, 5.74) is 5.24. The van der Waals surface area contributed by atoms with Crippen LogP contribution in [0.2, 0.25) is 0 Å². The molecule has 2 N–H and O–H groups in total. The SMILES string of the molecule is CN(C)C(=O)c1cc2cnc(Nc3ccc(N4CCC(N5CCN(Cc6ccc7c(c6)CN(N6CCC(=O)NC6=O)C7=O)CC5)CC4)cn3)nc2n1C1CCCC1. The van der Waals surface area contributed by atoms with E-state index >= 15 is 0 Å². The van der Waals surface area contributed by atoms with Crippen LogP contribution in [0.25, 0.3) is 11.0 Å². The Bertz CT molecular complexity index is 2180. The second-order valence-corrected chi connectivity index (χ2v) is 16.1. The monoisotopic (exact) mass is 774 g/mol. The Kier molecular flexibility index (Phi) is 9.98. The molecule has 3 aromatic heterocycles. The van der Waals surface area contributed by atoms with Crippen molar-refractivity contribution >= 4 is 52.2 Å². The van der Waals surface area contributed by atoms with Gasteiger partial charge in [-0.15, -0.1) is 0 Å². The Morgan fingerprint density at radius 3 is 2.37 bits per heavy atom. The van der Waals surface area contributed by atoms with Crippen LogP contribution in [0.1, 0.15) is 83.0 Å². The third-order valence-corrected chi connectivity index (χ3v) is 12.3. The van der Waals surface area contributed by atoms with Gasteiger partial charge in [-0.25, -0.2) is 24.8 Å². The van der Waals surface area contributed by atoms with E-state index < -0.39 is 6.03 Å². The fourth-order valence-corrected chi connectivity index (χ4v) is 9.23. The van der Waals surface area contributed by atoms with Gasteiger partial charge < -0.3 is 19.7 Å². The second-order valence-electron chi connectivity index (χ2n) is 16.1. The number of amides is 5. The van der Waals surface area contributed by atoms with Crippen molar-refractivity contribution < 1.29 is 19.2 Å². The number of anilines is 3. The number of rotatable bonds is 9. The van der Waals surface area contributed by atoms with E-state index in [-0.39, 0.29) is 36.7 Å². The first-order valence-corrected chi connectivity index (χ1v) is 20.3. The summed E-state index contributed by atoms with van der Waals surface area (Å²) in [6, 6.07) is 12.3. The number of imide groups is 1. The standard InChI is InChI=1S/C41H50N12O4/c1-47(2)39(56)34-22-28-23-43-40(46-37(28)53(34)31-5-3-4-6-31)44-35-10-8-32(24-42-35)49-14-11-30(12-15-49)50-19-17-48(18-20-50)25-27-7-9-33-29(21-27)26-52(38(33)55)51-16-13-36(54)45-41(51)57/h7-10,21-24,30-31H,3-6,11-20,25-26H2,1-2H3,(H,45,54,57)(H,42,43,44,46). The number of hydrogen-bond donors (Lipinski definition) is 2. The molecule has 1 saturated carbocycles. The summed E-state index contributed by atoms with van der Waals surface area (Å²) in [6.07, 6.45) is 10.5. The molecule has 57 heavy (non-hydrogen) atoms. The molecule has 0 bridgehead atoms. The van der Waals surface area contributed by atoms with Crippen LogP contribution in [-0.4, -0.2) is 134 Å². The van der Waals surface area contributed by atoms with Crippen molar-refractivity contribution in [1.29, 1.82) is 0 Å². The number of carbonyl (C=O) groups excluding carboxylic acids is 4. The Morgan fingerprint density at radius 2 is 1.65 bits per heavy atom. The van der Waals surface area contributed by atoms with Crippen molar-refractivity contribution in [2.45, 2.75) is 70.1 Å². The number of nitrogens with zero attached hydrogens (tertiary/aromatic N) is 10. The summed E-state index contributed by atoms with van der Waals surface area (Å²) < 4.78 is 2.12. The zero-order chi connectivity index (χ0) is 39.2. The van der Waals surface area contributed by atoms with E-state index in [9.17, 15) is 19.2 Å². The van der Waals surface area contributed by atoms with Crippen LogP contribution < -0.4 is 15.5 Å². The van der Waals surface area contributed by atoms with Crippen LogP contribution in [-0.2, 0) is 17.9 Å². The van der Waals surface area contributed by atoms with Gasteiger partial charge in [0.25, 0.3) is 11.8 Å². The van der Waals surface area contributed by atoms with E-state index in [1.807, 2.05) is 30.5 Å². The summed E-state index contributed by atoms with van der Waals surface area (Å²) in [4.78, 5) is 73.4. The Labute approximate surface area is 331 Å². The van der Waals surface area contributed by atoms with Crippen molar-refractivity contribution in [3.05, 3.63) is 71.2 Å². The highest BCUT2D eigenvalue weighted by molar-refractivity contribution is 6.02. The van der Waals surface area contributed by atoms with Gasteiger partial charge in [-0.3, -0.25) is 29.5 Å². The van der Waals surface area contributed by atoms with Crippen LogP contribution in [0.4, 0.5) is 22.2 Å². The summed E-state index contributed by atoms with van der Waals surface area (Å²) >= 11 is 0. The molecule has 298 valence electrons. The summed E-state index contributed by atoms with van der Waals surface area (Å²) in [5, 5.41) is 9.26. The minimum atomic E-state index is -0.544. The fraction of sp³-hybridized carbons (Fsp3) is 0.488. The van der Waals surface area contributed by atoms with E-state index in [2.05, 4.69) is 47.0 Å². The topological polar surface area (TPSA) is 155 Å². The van der Waals surface area contributed by atoms with Gasteiger partial charge in [0.2, 0.25) is 11.9 Å². The van der Waals surface area contributed by atoms with Gasteiger partial charge in [0.05, 0.1) is 25.0 Å². The molecule has 16 nitrogen and oxygen atoms in total. The highest BCUT2D eigenvalue weighted by Gasteiger charge is 2.37. The molecule has 5 aliphatic rings. The van der Waals surface area contributed by atoms with Crippen molar-refractivity contribution in [2.75, 3.05) is 70.1 Å². The van der Waals surface area contributed by atoms with Crippen LogP contribution >= 0.6 is 0 Å². The van der Waals surface area contributed by atoms with E-state index in [4.69, 9.17) is 9.97 Å². The van der Waals surface area contributed by atoms with E-state index in [1.54, 1.807) is 25.2 Å². The molecule has 0 radical (unpaired) electrons. The van der Waals surface area contributed by atoms with E-state index in [0.29, 0.717) is 35.6 Å². The number of hydrogen-bond acceptors (Lipinski definition) is 11. The van der Waals surface area contributed by atoms with Gasteiger partial charge in [-0.05, 0) is 61.1 Å². The average molecular weight is 775 g/mol. The summed E-state index contributed by atoms with van der Waals surface area (Å²) in [7, 11) is 3.57. The third kappa shape index (κ3) is 7.39. The molecule has 1 aromatic carbocycles. The van der Waals surface area contributed by atoms with Gasteiger partial charge in [0.15, 0.2) is 0 Å². The summed E-state index contributed by atoms with van der Waals surface area (Å²) in [6.45, 7) is 7.34. The molecule has 0 unspecified atom stereocenters. The molecule has 9 rings (SSSR count). The van der Waals surface area contributed by atoms with Crippen LogP contribution in [0, 0.1) is 0 Å². The molecular formula is C41H50N12O4. The van der Waals surface area contributed by atoms with Crippen molar-refractivity contribution in [2.24, 2.45) is 0 Å².